The van der Waals surface area contributed by atoms with E-state index in [0.717, 1.165) is 4.47 Å². The summed E-state index contributed by atoms with van der Waals surface area (Å²) in [5.74, 6) is 0. The van der Waals surface area contributed by atoms with Crippen LogP contribution in [0.5, 0.6) is 0 Å². The molecule has 1 unspecified atom stereocenters. The summed E-state index contributed by atoms with van der Waals surface area (Å²) in [6.45, 7) is 2.20. The summed E-state index contributed by atoms with van der Waals surface area (Å²) >= 11 is 3.90. The first-order chi connectivity index (χ1) is 16.2. The Morgan fingerprint density at radius 3 is 2.09 bits per heavy atom. The zero-order valence-electron chi connectivity index (χ0n) is 18.3. The molecule has 0 heterocycles. The molecule has 0 radical (unpaired) electrons. The maximum absolute atomic E-state index is 3.90. The molecule has 0 fully saturated rings. The van der Waals surface area contributed by atoms with Crippen molar-refractivity contribution in [3.63, 3.8) is 0 Å². The van der Waals surface area contributed by atoms with Gasteiger partial charge in [-0.05, 0) is 69.1 Å². The molecule has 5 aromatic rings. The average Bonchev–Trinajstić information content (AvgIpc) is 3.32. The van der Waals surface area contributed by atoms with Crippen molar-refractivity contribution in [2.24, 2.45) is 0 Å². The fourth-order valence-corrected chi connectivity index (χ4v) is 6.69. The van der Waals surface area contributed by atoms with E-state index in [1.54, 1.807) is 0 Å². The number of benzene rings is 5. The Morgan fingerprint density at radius 1 is 0.515 bits per heavy atom. The van der Waals surface area contributed by atoms with Crippen LogP contribution in [0.4, 0.5) is 0 Å². The third-order valence-corrected chi connectivity index (χ3v) is 8.08. The van der Waals surface area contributed by atoms with Crippen LogP contribution in [0, 0.1) is 6.92 Å². The molecule has 0 bridgehead atoms. The maximum atomic E-state index is 3.90. The van der Waals surface area contributed by atoms with Gasteiger partial charge in [0.25, 0.3) is 0 Å². The van der Waals surface area contributed by atoms with Crippen LogP contribution in [-0.2, 0) is 5.41 Å². The van der Waals surface area contributed by atoms with Crippen molar-refractivity contribution in [2.45, 2.75) is 12.3 Å². The predicted octanol–water partition coefficient (Wildman–Crippen LogP) is 8.77. The molecule has 5 aromatic carbocycles. The maximum Gasteiger partial charge on any atom is 0.0726 e. The van der Waals surface area contributed by atoms with Crippen LogP contribution in [-0.4, -0.2) is 0 Å². The highest BCUT2D eigenvalue weighted by atomic mass is 79.9. The Morgan fingerprint density at radius 2 is 1.21 bits per heavy atom. The summed E-state index contributed by atoms with van der Waals surface area (Å²) in [5, 5.41) is 0. The van der Waals surface area contributed by atoms with E-state index in [1.807, 2.05) is 0 Å². The molecular weight excluding hydrogens is 464 g/mol. The lowest BCUT2D eigenvalue weighted by Gasteiger charge is -2.31. The molecule has 0 N–H and O–H groups in total. The number of hydrogen-bond donors (Lipinski definition) is 0. The number of rotatable bonds is 1. The van der Waals surface area contributed by atoms with Gasteiger partial charge in [0.1, 0.15) is 0 Å². The van der Waals surface area contributed by atoms with Gasteiger partial charge >= 0.3 is 0 Å². The Kier molecular flexibility index (Phi) is 3.93. The van der Waals surface area contributed by atoms with Crippen LogP contribution in [0.25, 0.3) is 33.4 Å². The van der Waals surface area contributed by atoms with Gasteiger partial charge in [0.15, 0.2) is 0 Å². The molecule has 1 spiro atoms. The first-order valence-electron chi connectivity index (χ1n) is 11.4. The lowest BCUT2D eigenvalue weighted by Crippen LogP contribution is -2.26. The summed E-state index contributed by atoms with van der Waals surface area (Å²) in [5.41, 5.74) is 14.4. The lowest BCUT2D eigenvalue weighted by molar-refractivity contribution is 0.792. The van der Waals surface area contributed by atoms with Crippen LogP contribution in [0.2, 0.25) is 0 Å². The van der Waals surface area contributed by atoms with Gasteiger partial charge in [0, 0.05) is 10.0 Å². The fraction of sp³-hybridized carbons (Fsp3) is 0.0625. The molecule has 0 nitrogen and oxygen atoms in total. The average molecular weight is 485 g/mol. The molecule has 2 aliphatic rings. The number of aryl methyl sites for hydroxylation is 1. The highest BCUT2D eigenvalue weighted by Gasteiger charge is 2.52. The molecular formula is C32H21Br. The predicted molar refractivity (Wildman–Crippen MR) is 141 cm³/mol. The minimum Gasteiger partial charge on any atom is -0.0622 e. The SMILES string of the molecule is Cc1ccc2c(c1)C1(c3ccccc3-c3ccc(-c4ccccc4)cc31)c1cccc(Br)c1-2. The van der Waals surface area contributed by atoms with E-state index >= 15 is 0 Å². The van der Waals surface area contributed by atoms with Crippen molar-refractivity contribution in [1.29, 1.82) is 0 Å². The van der Waals surface area contributed by atoms with E-state index in [0.29, 0.717) is 0 Å². The van der Waals surface area contributed by atoms with E-state index < -0.39 is 0 Å². The molecule has 7 rings (SSSR count). The Labute approximate surface area is 202 Å². The van der Waals surface area contributed by atoms with Gasteiger partial charge in [-0.3, -0.25) is 0 Å². The summed E-state index contributed by atoms with van der Waals surface area (Å²) in [6, 6.07) is 40.4. The van der Waals surface area contributed by atoms with Crippen molar-refractivity contribution in [2.75, 3.05) is 0 Å². The monoisotopic (exact) mass is 484 g/mol. The molecule has 1 atom stereocenters. The fourth-order valence-electron chi connectivity index (χ4n) is 6.11. The minimum atomic E-state index is -0.308. The van der Waals surface area contributed by atoms with Crippen LogP contribution >= 0.6 is 15.9 Å². The van der Waals surface area contributed by atoms with Crippen molar-refractivity contribution < 1.29 is 0 Å². The number of halogens is 1. The van der Waals surface area contributed by atoms with E-state index in [-0.39, 0.29) is 5.41 Å². The first-order valence-corrected chi connectivity index (χ1v) is 12.2. The zero-order valence-corrected chi connectivity index (χ0v) is 19.9. The smallest absolute Gasteiger partial charge is 0.0622 e. The van der Waals surface area contributed by atoms with Crippen molar-refractivity contribution in [1.82, 2.24) is 0 Å². The van der Waals surface area contributed by atoms with Gasteiger partial charge in [-0.15, -0.1) is 0 Å². The standard InChI is InChI=1S/C32H21Br/c1-20-14-16-25-28(18-20)32(27-12-7-13-30(33)31(25)27)26-11-6-5-10-23(26)24-17-15-22(19-29(24)32)21-8-3-2-4-9-21/h2-19H,1H3. The summed E-state index contributed by atoms with van der Waals surface area (Å²) < 4.78 is 1.16. The highest BCUT2D eigenvalue weighted by molar-refractivity contribution is 9.10. The third kappa shape index (κ3) is 2.41. The van der Waals surface area contributed by atoms with Crippen LogP contribution in [0.3, 0.4) is 0 Å². The van der Waals surface area contributed by atoms with E-state index in [1.165, 1.54) is 61.2 Å². The molecule has 0 saturated carbocycles. The molecule has 33 heavy (non-hydrogen) atoms. The molecule has 1 heteroatoms. The Hall–Kier alpha value is -3.42. The molecule has 156 valence electrons. The van der Waals surface area contributed by atoms with Gasteiger partial charge < -0.3 is 0 Å². The van der Waals surface area contributed by atoms with Gasteiger partial charge in [-0.25, -0.2) is 0 Å². The zero-order chi connectivity index (χ0) is 22.2. The van der Waals surface area contributed by atoms with Gasteiger partial charge in [0.2, 0.25) is 0 Å². The van der Waals surface area contributed by atoms with Crippen molar-refractivity contribution in [3.05, 3.63) is 141 Å². The Balaban J connectivity index is 1.66. The molecule has 0 aliphatic heterocycles. The highest BCUT2D eigenvalue weighted by Crippen LogP contribution is 2.64. The summed E-state index contributed by atoms with van der Waals surface area (Å²) in [4.78, 5) is 0. The van der Waals surface area contributed by atoms with Gasteiger partial charge in [-0.1, -0.05) is 119 Å². The molecule has 0 amide bonds. The first kappa shape index (κ1) is 19.1. The largest absolute Gasteiger partial charge is 0.0726 e. The summed E-state index contributed by atoms with van der Waals surface area (Å²) in [7, 11) is 0. The second kappa shape index (κ2) is 6.79. The lowest BCUT2D eigenvalue weighted by atomic mass is 9.70. The molecule has 0 aromatic heterocycles. The third-order valence-electron chi connectivity index (χ3n) is 7.42. The van der Waals surface area contributed by atoms with Crippen LogP contribution in [0.15, 0.2) is 114 Å². The van der Waals surface area contributed by atoms with Gasteiger partial charge in [0.05, 0.1) is 5.41 Å². The van der Waals surface area contributed by atoms with Crippen molar-refractivity contribution >= 4 is 15.9 Å². The van der Waals surface area contributed by atoms with Crippen LogP contribution in [0.1, 0.15) is 27.8 Å². The molecule has 2 aliphatic carbocycles. The number of fused-ring (bicyclic) bond motifs is 10. The second-order valence-corrected chi connectivity index (χ2v) is 9.99. The normalized spacial score (nSPS) is 16.9. The van der Waals surface area contributed by atoms with Crippen LogP contribution < -0.4 is 0 Å². The van der Waals surface area contributed by atoms with Crippen molar-refractivity contribution in [3.8, 4) is 33.4 Å². The topological polar surface area (TPSA) is 0 Å². The number of hydrogen-bond acceptors (Lipinski definition) is 0. The minimum absolute atomic E-state index is 0.308. The van der Waals surface area contributed by atoms with Gasteiger partial charge in [-0.2, -0.15) is 0 Å². The Bertz CT molecular complexity index is 1580. The molecule has 0 saturated heterocycles. The van der Waals surface area contributed by atoms with E-state index in [2.05, 4.69) is 132 Å². The second-order valence-electron chi connectivity index (χ2n) is 9.13. The van der Waals surface area contributed by atoms with E-state index in [4.69, 9.17) is 0 Å². The van der Waals surface area contributed by atoms with E-state index in [9.17, 15) is 0 Å². The summed E-state index contributed by atoms with van der Waals surface area (Å²) in [6.07, 6.45) is 0. The quantitative estimate of drug-likeness (QED) is 0.218.